The SMILES string of the molecule is CC(C)(Oc1ccc(C(=O)c2ccc(Cl)cc2)cc1)C(=O)OCC(=O)c1ccc(O)cc1. The van der Waals surface area contributed by atoms with E-state index in [1.165, 1.54) is 38.1 Å². The van der Waals surface area contributed by atoms with E-state index < -0.39 is 24.0 Å². The number of rotatable bonds is 8. The number of aromatic hydroxyl groups is 1. The van der Waals surface area contributed by atoms with Crippen molar-refractivity contribution in [3.8, 4) is 11.5 Å². The Bertz CT molecular complexity index is 1120. The maximum absolute atomic E-state index is 12.5. The van der Waals surface area contributed by atoms with E-state index in [2.05, 4.69) is 0 Å². The summed E-state index contributed by atoms with van der Waals surface area (Å²) in [5.41, 5.74) is -0.0863. The summed E-state index contributed by atoms with van der Waals surface area (Å²) in [5, 5.41) is 9.83. The van der Waals surface area contributed by atoms with Gasteiger partial charge in [0.05, 0.1) is 0 Å². The molecular weight excluding hydrogens is 432 g/mol. The Balaban J connectivity index is 1.59. The molecule has 3 aromatic carbocycles. The van der Waals surface area contributed by atoms with Crippen molar-refractivity contribution in [2.24, 2.45) is 0 Å². The Labute approximate surface area is 190 Å². The zero-order chi connectivity index (χ0) is 23.3. The first kappa shape index (κ1) is 23.0. The van der Waals surface area contributed by atoms with Crippen molar-refractivity contribution in [2.75, 3.05) is 6.61 Å². The number of phenolic OH excluding ortho intramolecular Hbond substituents is 1. The van der Waals surface area contributed by atoms with Gasteiger partial charge >= 0.3 is 5.97 Å². The molecule has 0 aliphatic heterocycles. The fourth-order valence-corrected chi connectivity index (χ4v) is 2.94. The minimum Gasteiger partial charge on any atom is -0.508 e. The van der Waals surface area contributed by atoms with E-state index in [4.69, 9.17) is 21.1 Å². The maximum Gasteiger partial charge on any atom is 0.350 e. The lowest BCUT2D eigenvalue weighted by Gasteiger charge is -2.24. The van der Waals surface area contributed by atoms with E-state index >= 15 is 0 Å². The Morgan fingerprint density at radius 3 is 1.88 bits per heavy atom. The smallest absolute Gasteiger partial charge is 0.350 e. The third kappa shape index (κ3) is 5.74. The van der Waals surface area contributed by atoms with Gasteiger partial charge in [-0.3, -0.25) is 9.59 Å². The van der Waals surface area contributed by atoms with Crippen molar-refractivity contribution >= 4 is 29.1 Å². The van der Waals surface area contributed by atoms with Crippen molar-refractivity contribution in [3.05, 3.63) is 94.5 Å². The summed E-state index contributed by atoms with van der Waals surface area (Å²) >= 11 is 5.85. The predicted octanol–water partition coefficient (Wildman–Crippen LogP) is 4.86. The van der Waals surface area contributed by atoms with Gasteiger partial charge in [-0.1, -0.05) is 11.6 Å². The summed E-state index contributed by atoms with van der Waals surface area (Å²) in [6.07, 6.45) is 0. The van der Waals surface area contributed by atoms with Crippen LogP contribution in [0.15, 0.2) is 72.8 Å². The van der Waals surface area contributed by atoms with Gasteiger partial charge in [0.2, 0.25) is 0 Å². The van der Waals surface area contributed by atoms with Crippen LogP contribution in [-0.4, -0.2) is 34.9 Å². The third-order valence-corrected chi connectivity index (χ3v) is 4.86. The molecule has 7 heteroatoms. The molecule has 0 aromatic heterocycles. The molecule has 0 radical (unpaired) electrons. The minimum atomic E-state index is -1.36. The molecule has 0 spiro atoms. The van der Waals surface area contributed by atoms with Crippen LogP contribution in [0.4, 0.5) is 0 Å². The lowest BCUT2D eigenvalue weighted by molar-refractivity contribution is -0.158. The van der Waals surface area contributed by atoms with Crippen LogP contribution < -0.4 is 4.74 Å². The molecule has 1 N–H and O–H groups in total. The number of ether oxygens (including phenoxy) is 2. The largest absolute Gasteiger partial charge is 0.508 e. The van der Waals surface area contributed by atoms with Gasteiger partial charge in [-0.15, -0.1) is 0 Å². The third-order valence-electron chi connectivity index (χ3n) is 4.61. The van der Waals surface area contributed by atoms with Gasteiger partial charge in [0, 0.05) is 21.7 Å². The Morgan fingerprint density at radius 1 is 0.812 bits per heavy atom. The van der Waals surface area contributed by atoms with Gasteiger partial charge < -0.3 is 14.6 Å². The second kappa shape index (κ2) is 9.66. The maximum atomic E-state index is 12.5. The minimum absolute atomic E-state index is 0.0361. The molecule has 0 aliphatic carbocycles. The van der Waals surface area contributed by atoms with Crippen molar-refractivity contribution in [1.82, 2.24) is 0 Å². The average Bonchev–Trinajstić information content (AvgIpc) is 2.78. The first-order valence-electron chi connectivity index (χ1n) is 9.74. The number of benzene rings is 3. The van der Waals surface area contributed by atoms with E-state index in [1.807, 2.05) is 0 Å². The quantitative estimate of drug-likeness (QED) is 0.387. The van der Waals surface area contributed by atoms with Crippen LogP contribution in [0, 0.1) is 0 Å². The van der Waals surface area contributed by atoms with Crippen LogP contribution in [-0.2, 0) is 9.53 Å². The lowest BCUT2D eigenvalue weighted by Crippen LogP contribution is -2.40. The van der Waals surface area contributed by atoms with Crippen LogP contribution >= 0.6 is 11.6 Å². The average molecular weight is 453 g/mol. The molecule has 6 nitrogen and oxygen atoms in total. The van der Waals surface area contributed by atoms with Crippen LogP contribution in [0.25, 0.3) is 0 Å². The molecule has 3 aromatic rings. The summed E-state index contributed by atoms with van der Waals surface area (Å²) in [6, 6.07) is 18.6. The van der Waals surface area contributed by atoms with Gasteiger partial charge in [0.25, 0.3) is 0 Å². The van der Waals surface area contributed by atoms with Gasteiger partial charge in [-0.25, -0.2) is 4.79 Å². The van der Waals surface area contributed by atoms with Crippen LogP contribution in [0.2, 0.25) is 5.02 Å². The molecular formula is C25H21ClO6. The fourth-order valence-electron chi connectivity index (χ4n) is 2.81. The zero-order valence-electron chi connectivity index (χ0n) is 17.5. The Morgan fingerprint density at radius 2 is 1.31 bits per heavy atom. The van der Waals surface area contributed by atoms with E-state index in [9.17, 15) is 19.5 Å². The number of Topliss-reactive ketones (excluding diaryl/α,β-unsaturated/α-hetero) is 1. The van der Waals surface area contributed by atoms with E-state index in [-0.39, 0.29) is 11.5 Å². The number of hydrogen-bond donors (Lipinski definition) is 1. The molecule has 0 saturated heterocycles. The lowest BCUT2D eigenvalue weighted by atomic mass is 10.0. The summed E-state index contributed by atoms with van der Waals surface area (Å²) in [4.78, 5) is 37.1. The van der Waals surface area contributed by atoms with Gasteiger partial charge in [0.15, 0.2) is 23.8 Å². The Hall–Kier alpha value is -3.64. The highest BCUT2D eigenvalue weighted by atomic mass is 35.5. The predicted molar refractivity (Wildman–Crippen MR) is 119 cm³/mol. The molecule has 32 heavy (non-hydrogen) atoms. The molecule has 164 valence electrons. The topological polar surface area (TPSA) is 89.9 Å². The van der Waals surface area contributed by atoms with Crippen molar-refractivity contribution in [3.63, 3.8) is 0 Å². The monoisotopic (exact) mass is 452 g/mol. The summed E-state index contributed by atoms with van der Waals surface area (Å²) in [5.74, 6) is -0.886. The van der Waals surface area contributed by atoms with E-state index in [0.29, 0.717) is 27.5 Å². The number of esters is 1. The van der Waals surface area contributed by atoms with Gasteiger partial charge in [0.1, 0.15) is 11.5 Å². The molecule has 3 rings (SSSR count). The second-order valence-corrected chi connectivity index (χ2v) is 7.96. The summed E-state index contributed by atoms with van der Waals surface area (Å²) in [7, 11) is 0. The van der Waals surface area contributed by atoms with Gasteiger partial charge in [-0.05, 0) is 86.6 Å². The number of phenols is 1. The zero-order valence-corrected chi connectivity index (χ0v) is 18.3. The Kier molecular flexibility index (Phi) is 6.95. The normalized spacial score (nSPS) is 11.0. The second-order valence-electron chi connectivity index (χ2n) is 7.52. The van der Waals surface area contributed by atoms with Crippen molar-refractivity contribution in [2.45, 2.75) is 19.4 Å². The van der Waals surface area contributed by atoms with Crippen LogP contribution in [0.1, 0.15) is 40.1 Å². The summed E-state index contributed by atoms with van der Waals surface area (Å²) in [6.45, 7) is 2.59. The van der Waals surface area contributed by atoms with Crippen LogP contribution in [0.3, 0.4) is 0 Å². The van der Waals surface area contributed by atoms with Gasteiger partial charge in [-0.2, -0.15) is 0 Å². The highest BCUT2D eigenvalue weighted by molar-refractivity contribution is 6.30. The number of ketones is 2. The molecule has 0 saturated carbocycles. The fraction of sp³-hybridized carbons (Fsp3) is 0.160. The van der Waals surface area contributed by atoms with Crippen molar-refractivity contribution < 1.29 is 29.0 Å². The number of halogens is 1. The standard InChI is InChI=1S/C25H21ClO6/c1-25(2,24(30)31-15-22(28)16-5-11-20(27)12-6-16)32-21-13-7-18(8-14-21)23(29)17-3-9-19(26)10-4-17/h3-14,27H,15H2,1-2H3. The molecule has 0 heterocycles. The van der Waals surface area contributed by atoms with E-state index in [1.54, 1.807) is 48.5 Å². The first-order chi connectivity index (χ1) is 15.2. The highest BCUT2D eigenvalue weighted by Crippen LogP contribution is 2.22. The highest BCUT2D eigenvalue weighted by Gasteiger charge is 2.32. The van der Waals surface area contributed by atoms with E-state index in [0.717, 1.165) is 0 Å². The molecule has 0 amide bonds. The number of hydrogen-bond acceptors (Lipinski definition) is 6. The number of carbonyl (C=O) groups is 3. The van der Waals surface area contributed by atoms with Crippen molar-refractivity contribution in [1.29, 1.82) is 0 Å². The number of carbonyl (C=O) groups excluding carboxylic acids is 3. The molecule has 0 fully saturated rings. The first-order valence-corrected chi connectivity index (χ1v) is 10.1. The molecule has 0 bridgehead atoms. The van der Waals surface area contributed by atoms with Crippen LogP contribution in [0.5, 0.6) is 11.5 Å². The molecule has 0 aliphatic rings. The molecule has 0 atom stereocenters. The summed E-state index contributed by atoms with van der Waals surface area (Å²) < 4.78 is 10.8. The molecule has 0 unspecified atom stereocenters.